The van der Waals surface area contributed by atoms with E-state index in [-0.39, 0.29) is 5.82 Å². The molecule has 1 aromatic heterocycles. The summed E-state index contributed by atoms with van der Waals surface area (Å²) in [4.78, 5) is 0. The Morgan fingerprint density at radius 3 is 2.87 bits per heavy atom. The number of benzene rings is 1. The first-order valence-electron chi connectivity index (χ1n) is 4.86. The maximum atomic E-state index is 12.9. The Morgan fingerprint density at radius 2 is 2.20 bits per heavy atom. The van der Waals surface area contributed by atoms with Crippen LogP contribution in [-0.4, -0.2) is 14.8 Å². The fourth-order valence-electron chi connectivity index (χ4n) is 1.57. The highest BCUT2D eigenvalue weighted by atomic mass is 19.1. The van der Waals surface area contributed by atoms with Gasteiger partial charge in [-0.2, -0.15) is 0 Å². The first-order chi connectivity index (χ1) is 7.22. The zero-order chi connectivity index (χ0) is 10.8. The number of halogens is 1. The van der Waals surface area contributed by atoms with Crippen LogP contribution in [0.5, 0.6) is 0 Å². The van der Waals surface area contributed by atoms with Crippen LogP contribution in [-0.2, 0) is 6.54 Å². The lowest BCUT2D eigenvalue weighted by molar-refractivity contribution is 0.626. The quantitative estimate of drug-likeness (QED) is 0.753. The molecule has 0 spiro atoms. The topological polar surface area (TPSA) is 30.7 Å². The predicted octanol–water partition coefficient (Wildman–Crippen LogP) is 2.41. The largest absolute Gasteiger partial charge is 0.314 e. The highest BCUT2D eigenvalue weighted by Gasteiger charge is 2.09. The molecule has 0 aliphatic rings. The van der Waals surface area contributed by atoms with Crippen molar-refractivity contribution in [3.8, 4) is 11.4 Å². The van der Waals surface area contributed by atoms with Crippen LogP contribution in [0.3, 0.4) is 0 Å². The first-order valence-corrected chi connectivity index (χ1v) is 4.86. The molecular weight excluding hydrogens is 193 g/mol. The van der Waals surface area contributed by atoms with E-state index in [0.717, 1.165) is 23.5 Å². The number of aromatic nitrogens is 3. The van der Waals surface area contributed by atoms with Crippen molar-refractivity contribution >= 4 is 0 Å². The Kier molecular flexibility index (Phi) is 2.49. The molecule has 0 bridgehead atoms. The second kappa shape index (κ2) is 3.81. The van der Waals surface area contributed by atoms with Gasteiger partial charge in [0, 0.05) is 12.1 Å². The molecule has 0 aliphatic carbocycles. The second-order valence-electron chi connectivity index (χ2n) is 3.40. The van der Waals surface area contributed by atoms with Gasteiger partial charge in [0.2, 0.25) is 0 Å². The van der Waals surface area contributed by atoms with Gasteiger partial charge in [0.15, 0.2) is 5.82 Å². The fraction of sp³-hybridized carbons (Fsp3) is 0.273. The maximum absolute atomic E-state index is 12.9. The zero-order valence-corrected chi connectivity index (χ0v) is 8.74. The van der Waals surface area contributed by atoms with E-state index >= 15 is 0 Å². The van der Waals surface area contributed by atoms with Crippen molar-refractivity contribution in [2.75, 3.05) is 0 Å². The summed E-state index contributed by atoms with van der Waals surface area (Å²) < 4.78 is 14.9. The molecule has 0 radical (unpaired) electrons. The smallest absolute Gasteiger partial charge is 0.163 e. The van der Waals surface area contributed by atoms with Gasteiger partial charge < -0.3 is 4.57 Å². The summed E-state index contributed by atoms with van der Waals surface area (Å²) in [7, 11) is 0. The summed E-state index contributed by atoms with van der Waals surface area (Å²) in [6, 6.07) is 4.68. The Morgan fingerprint density at radius 1 is 1.40 bits per heavy atom. The number of aryl methyl sites for hydroxylation is 2. The van der Waals surface area contributed by atoms with Gasteiger partial charge in [-0.15, -0.1) is 10.2 Å². The lowest BCUT2D eigenvalue weighted by Gasteiger charge is -2.06. The summed E-state index contributed by atoms with van der Waals surface area (Å²) in [5.41, 5.74) is 1.80. The van der Waals surface area contributed by atoms with E-state index in [1.165, 1.54) is 12.1 Å². The third-order valence-corrected chi connectivity index (χ3v) is 2.39. The molecule has 0 aliphatic heterocycles. The van der Waals surface area contributed by atoms with Crippen molar-refractivity contribution in [1.82, 2.24) is 14.8 Å². The minimum atomic E-state index is -0.223. The number of nitrogens with zero attached hydrogens (tertiary/aromatic N) is 3. The first kappa shape index (κ1) is 9.83. The molecule has 78 valence electrons. The maximum Gasteiger partial charge on any atom is 0.163 e. The van der Waals surface area contributed by atoms with Crippen molar-refractivity contribution < 1.29 is 4.39 Å². The monoisotopic (exact) mass is 205 g/mol. The van der Waals surface area contributed by atoms with Gasteiger partial charge in [-0.3, -0.25) is 0 Å². The molecule has 15 heavy (non-hydrogen) atoms. The van der Waals surface area contributed by atoms with Gasteiger partial charge in [-0.1, -0.05) is 0 Å². The third kappa shape index (κ3) is 1.75. The molecule has 0 saturated carbocycles. The van der Waals surface area contributed by atoms with Crippen LogP contribution in [0.1, 0.15) is 12.5 Å². The van der Waals surface area contributed by atoms with E-state index in [1.807, 2.05) is 18.4 Å². The van der Waals surface area contributed by atoms with Crippen molar-refractivity contribution in [3.05, 3.63) is 35.9 Å². The van der Waals surface area contributed by atoms with Crippen LogP contribution in [0.15, 0.2) is 24.5 Å². The lowest BCUT2D eigenvalue weighted by atomic mass is 10.1. The van der Waals surface area contributed by atoms with Crippen LogP contribution in [0.2, 0.25) is 0 Å². The molecular formula is C11H12FN3. The van der Waals surface area contributed by atoms with Gasteiger partial charge in [-0.05, 0) is 37.6 Å². The molecule has 0 amide bonds. The number of hydrogen-bond acceptors (Lipinski definition) is 2. The molecule has 1 aromatic carbocycles. The fourth-order valence-corrected chi connectivity index (χ4v) is 1.57. The average molecular weight is 205 g/mol. The number of rotatable bonds is 2. The molecule has 1 heterocycles. The molecule has 2 rings (SSSR count). The van der Waals surface area contributed by atoms with E-state index in [1.54, 1.807) is 12.4 Å². The summed E-state index contributed by atoms with van der Waals surface area (Å²) in [5.74, 6) is 0.564. The predicted molar refractivity (Wildman–Crippen MR) is 55.8 cm³/mol. The zero-order valence-electron chi connectivity index (χ0n) is 8.74. The minimum Gasteiger partial charge on any atom is -0.314 e. The summed E-state index contributed by atoms with van der Waals surface area (Å²) in [6.45, 7) is 4.69. The van der Waals surface area contributed by atoms with Crippen LogP contribution in [0, 0.1) is 12.7 Å². The Labute approximate surface area is 87.6 Å². The van der Waals surface area contributed by atoms with Gasteiger partial charge in [0.25, 0.3) is 0 Å². The Hall–Kier alpha value is -1.71. The van der Waals surface area contributed by atoms with Gasteiger partial charge in [0.1, 0.15) is 12.1 Å². The van der Waals surface area contributed by atoms with Gasteiger partial charge >= 0.3 is 0 Å². The van der Waals surface area contributed by atoms with E-state index in [4.69, 9.17) is 0 Å². The molecule has 0 fully saturated rings. The second-order valence-corrected chi connectivity index (χ2v) is 3.40. The van der Waals surface area contributed by atoms with E-state index in [0.29, 0.717) is 0 Å². The summed E-state index contributed by atoms with van der Waals surface area (Å²) in [5, 5.41) is 7.89. The highest BCUT2D eigenvalue weighted by molar-refractivity contribution is 5.59. The molecule has 3 nitrogen and oxygen atoms in total. The van der Waals surface area contributed by atoms with Gasteiger partial charge in [-0.25, -0.2) is 4.39 Å². The van der Waals surface area contributed by atoms with Crippen molar-refractivity contribution in [3.63, 3.8) is 0 Å². The van der Waals surface area contributed by atoms with Crippen molar-refractivity contribution in [2.24, 2.45) is 0 Å². The highest BCUT2D eigenvalue weighted by Crippen LogP contribution is 2.21. The number of hydrogen-bond donors (Lipinski definition) is 0. The average Bonchev–Trinajstić information content (AvgIpc) is 2.65. The SMILES string of the molecule is CCn1cnnc1-c1ccc(F)cc1C. The molecule has 0 N–H and O–H groups in total. The van der Waals surface area contributed by atoms with Crippen molar-refractivity contribution in [1.29, 1.82) is 0 Å². The molecule has 2 aromatic rings. The van der Waals surface area contributed by atoms with Crippen LogP contribution < -0.4 is 0 Å². The van der Waals surface area contributed by atoms with E-state index < -0.39 is 0 Å². The standard InChI is InChI=1S/C11H12FN3/c1-3-15-7-13-14-11(15)10-5-4-9(12)6-8(10)2/h4-7H,3H2,1-2H3. The molecule has 0 saturated heterocycles. The van der Waals surface area contributed by atoms with E-state index in [9.17, 15) is 4.39 Å². The van der Waals surface area contributed by atoms with Crippen molar-refractivity contribution in [2.45, 2.75) is 20.4 Å². The van der Waals surface area contributed by atoms with Gasteiger partial charge in [0.05, 0.1) is 0 Å². The third-order valence-electron chi connectivity index (χ3n) is 2.39. The summed E-state index contributed by atoms with van der Waals surface area (Å²) in [6.07, 6.45) is 1.68. The van der Waals surface area contributed by atoms with Crippen LogP contribution in [0.4, 0.5) is 4.39 Å². The van der Waals surface area contributed by atoms with Crippen LogP contribution in [0.25, 0.3) is 11.4 Å². The lowest BCUT2D eigenvalue weighted by Crippen LogP contribution is -1.97. The normalized spacial score (nSPS) is 10.6. The van der Waals surface area contributed by atoms with E-state index in [2.05, 4.69) is 10.2 Å². The van der Waals surface area contributed by atoms with Crippen LogP contribution >= 0.6 is 0 Å². The molecule has 0 unspecified atom stereocenters. The Balaban J connectivity index is 2.54. The Bertz CT molecular complexity index is 476. The molecule has 0 atom stereocenters. The summed E-state index contributed by atoms with van der Waals surface area (Å²) >= 11 is 0. The molecule has 4 heteroatoms. The minimum absolute atomic E-state index is 0.223.